The average Bonchev–Trinajstić information content (AvgIpc) is 3.94. The van der Waals surface area contributed by atoms with Crippen molar-refractivity contribution in [2.75, 3.05) is 4.90 Å². The van der Waals surface area contributed by atoms with Gasteiger partial charge in [-0.05, 0) is 88.3 Å². The quantitative estimate of drug-likeness (QED) is 0.184. The summed E-state index contributed by atoms with van der Waals surface area (Å²) in [4.78, 5) is 7.25. The van der Waals surface area contributed by atoms with Gasteiger partial charge >= 0.3 is 0 Å². The Balaban J connectivity index is 1.05. The van der Waals surface area contributed by atoms with Crippen LogP contribution in [-0.2, 0) is 0 Å². The van der Waals surface area contributed by atoms with Crippen molar-refractivity contribution in [3.63, 3.8) is 0 Å². The molecule has 0 radical (unpaired) electrons. The van der Waals surface area contributed by atoms with Crippen molar-refractivity contribution in [1.82, 2.24) is 4.98 Å². The molecule has 0 aliphatic heterocycles. The van der Waals surface area contributed by atoms with E-state index in [2.05, 4.69) is 144 Å². The Morgan fingerprint density at radius 3 is 1.91 bits per heavy atom. The standard InChI is InChI=1S/C49H28N2O3/c1-2-11-32-26-33(19-16-29(32)8-1)51(34-21-25-43-41(27-34)38-22-17-30-9-3-5-12-36(30)47(38)53-43)35-20-23-39-45(28-35)52-44-15-7-14-40(46(39)44)49-50-42-24-18-31-10-4-6-13-37(31)48(42)54-49/h1-28H. The number of oxazole rings is 1. The van der Waals surface area contributed by atoms with Gasteiger partial charge in [-0.25, -0.2) is 4.98 Å². The zero-order valence-electron chi connectivity index (χ0n) is 28.8. The third-order valence-electron chi connectivity index (χ3n) is 10.8. The van der Waals surface area contributed by atoms with Crippen molar-refractivity contribution in [1.29, 1.82) is 0 Å². The highest BCUT2D eigenvalue weighted by Crippen LogP contribution is 2.44. The van der Waals surface area contributed by atoms with Crippen molar-refractivity contribution in [2.45, 2.75) is 0 Å². The first-order chi connectivity index (χ1) is 26.7. The van der Waals surface area contributed by atoms with E-state index in [9.17, 15) is 0 Å². The fraction of sp³-hybridized carbons (Fsp3) is 0. The van der Waals surface area contributed by atoms with Crippen molar-refractivity contribution in [2.24, 2.45) is 0 Å². The molecule has 5 nitrogen and oxygen atoms in total. The number of aromatic nitrogens is 1. The lowest BCUT2D eigenvalue weighted by Crippen LogP contribution is -2.09. The first kappa shape index (κ1) is 29.2. The topological polar surface area (TPSA) is 55.6 Å². The van der Waals surface area contributed by atoms with Gasteiger partial charge in [0.25, 0.3) is 0 Å². The van der Waals surface area contributed by atoms with Crippen LogP contribution >= 0.6 is 0 Å². The first-order valence-corrected chi connectivity index (χ1v) is 18.1. The summed E-state index contributed by atoms with van der Waals surface area (Å²) >= 11 is 0. The van der Waals surface area contributed by atoms with Crippen LogP contribution in [0.1, 0.15) is 0 Å². The molecule has 0 saturated heterocycles. The summed E-state index contributed by atoms with van der Waals surface area (Å²) in [6, 6.07) is 59.2. The Kier molecular flexibility index (Phi) is 5.99. The third kappa shape index (κ3) is 4.30. The van der Waals surface area contributed by atoms with Gasteiger partial charge in [0, 0.05) is 61.0 Å². The molecule has 3 aromatic heterocycles. The molecular formula is C49H28N2O3. The summed E-state index contributed by atoms with van der Waals surface area (Å²) in [5, 5.41) is 10.9. The zero-order chi connectivity index (χ0) is 35.3. The molecule has 0 spiro atoms. The Morgan fingerprint density at radius 1 is 0.370 bits per heavy atom. The van der Waals surface area contributed by atoms with E-state index >= 15 is 0 Å². The van der Waals surface area contributed by atoms with Crippen LogP contribution in [0.15, 0.2) is 183 Å². The molecule has 0 atom stereocenters. The predicted molar refractivity (Wildman–Crippen MR) is 221 cm³/mol. The number of anilines is 3. The number of hydrogen-bond donors (Lipinski definition) is 0. The molecule has 12 aromatic rings. The molecule has 9 aromatic carbocycles. The number of hydrogen-bond acceptors (Lipinski definition) is 5. The summed E-state index contributed by atoms with van der Waals surface area (Å²) < 4.78 is 19.7. The van der Waals surface area contributed by atoms with Gasteiger partial charge in [-0.2, -0.15) is 0 Å². The molecule has 252 valence electrons. The summed E-state index contributed by atoms with van der Waals surface area (Å²) in [5.74, 6) is 0.574. The van der Waals surface area contributed by atoms with Gasteiger partial charge in [-0.1, -0.05) is 97.1 Å². The normalized spacial score (nSPS) is 12.1. The lowest BCUT2D eigenvalue weighted by atomic mass is 10.0. The summed E-state index contributed by atoms with van der Waals surface area (Å²) in [7, 11) is 0. The van der Waals surface area contributed by atoms with Crippen LogP contribution in [0.5, 0.6) is 0 Å². The zero-order valence-corrected chi connectivity index (χ0v) is 28.8. The van der Waals surface area contributed by atoms with E-state index in [-0.39, 0.29) is 0 Å². The highest BCUT2D eigenvalue weighted by atomic mass is 16.4. The molecule has 12 rings (SSSR count). The lowest BCUT2D eigenvalue weighted by molar-refractivity contribution is 0.623. The molecule has 0 N–H and O–H groups in total. The lowest BCUT2D eigenvalue weighted by Gasteiger charge is -2.26. The molecule has 0 unspecified atom stereocenters. The number of rotatable bonds is 4. The SMILES string of the molecule is c1ccc2cc(N(c3ccc4c(c3)oc3cccc(-c5nc6ccc7ccccc7c6o5)c34)c3ccc4oc5c6ccccc6ccc5c4c3)ccc2c1. The molecule has 0 amide bonds. The molecule has 5 heteroatoms. The maximum absolute atomic E-state index is 6.64. The number of benzene rings is 9. The van der Waals surface area contributed by atoms with Crippen LogP contribution in [0.4, 0.5) is 17.1 Å². The predicted octanol–water partition coefficient (Wildman–Crippen LogP) is 14.2. The second-order valence-electron chi connectivity index (χ2n) is 13.9. The minimum atomic E-state index is 0.574. The van der Waals surface area contributed by atoms with Gasteiger partial charge in [0.2, 0.25) is 5.89 Å². The van der Waals surface area contributed by atoms with Crippen LogP contribution in [0, 0.1) is 0 Å². The highest BCUT2D eigenvalue weighted by molar-refractivity contribution is 6.16. The Labute approximate surface area is 307 Å². The first-order valence-electron chi connectivity index (χ1n) is 18.1. The van der Waals surface area contributed by atoms with Gasteiger partial charge in [0.15, 0.2) is 5.58 Å². The van der Waals surface area contributed by atoms with Gasteiger partial charge < -0.3 is 18.2 Å². The van der Waals surface area contributed by atoms with E-state index < -0.39 is 0 Å². The summed E-state index contributed by atoms with van der Waals surface area (Å²) in [5.41, 5.74) is 8.88. The number of fused-ring (bicyclic) bond motifs is 12. The second-order valence-corrected chi connectivity index (χ2v) is 13.9. The Morgan fingerprint density at radius 2 is 1.04 bits per heavy atom. The summed E-state index contributed by atoms with van der Waals surface area (Å²) in [6.45, 7) is 0. The van der Waals surface area contributed by atoms with Crippen LogP contribution < -0.4 is 4.90 Å². The molecule has 0 aliphatic rings. The highest BCUT2D eigenvalue weighted by Gasteiger charge is 2.21. The Bertz CT molecular complexity index is 3480. The molecule has 3 heterocycles. The van der Waals surface area contributed by atoms with Crippen molar-refractivity contribution >= 4 is 104 Å². The molecular weight excluding hydrogens is 665 g/mol. The maximum atomic E-state index is 6.64. The van der Waals surface area contributed by atoms with E-state index in [4.69, 9.17) is 18.2 Å². The van der Waals surface area contributed by atoms with E-state index in [1.165, 1.54) is 10.8 Å². The van der Waals surface area contributed by atoms with Crippen molar-refractivity contribution in [3.05, 3.63) is 170 Å². The summed E-state index contributed by atoms with van der Waals surface area (Å²) in [6.07, 6.45) is 0. The van der Waals surface area contributed by atoms with Gasteiger partial charge in [0.1, 0.15) is 27.8 Å². The molecule has 0 aliphatic carbocycles. The number of nitrogens with zero attached hydrogens (tertiary/aromatic N) is 2. The minimum absolute atomic E-state index is 0.574. The van der Waals surface area contributed by atoms with E-state index in [1.54, 1.807) is 0 Å². The monoisotopic (exact) mass is 692 g/mol. The smallest absolute Gasteiger partial charge is 0.228 e. The average molecular weight is 693 g/mol. The van der Waals surface area contributed by atoms with Crippen molar-refractivity contribution < 1.29 is 13.3 Å². The molecule has 54 heavy (non-hydrogen) atoms. The van der Waals surface area contributed by atoms with E-state index in [0.717, 1.165) is 99.1 Å². The van der Waals surface area contributed by atoms with Crippen LogP contribution in [0.3, 0.4) is 0 Å². The molecule has 0 fully saturated rings. The minimum Gasteiger partial charge on any atom is -0.456 e. The second kappa shape index (κ2) is 11.1. The maximum Gasteiger partial charge on any atom is 0.228 e. The number of furan rings is 2. The fourth-order valence-corrected chi connectivity index (χ4v) is 8.30. The van der Waals surface area contributed by atoms with E-state index in [1.807, 2.05) is 30.3 Å². The molecule has 0 saturated carbocycles. The largest absolute Gasteiger partial charge is 0.456 e. The van der Waals surface area contributed by atoms with Gasteiger partial charge in [-0.15, -0.1) is 0 Å². The molecule has 0 bridgehead atoms. The Hall–Kier alpha value is -7.37. The van der Waals surface area contributed by atoms with E-state index in [0.29, 0.717) is 5.89 Å². The van der Waals surface area contributed by atoms with Gasteiger partial charge in [0.05, 0.1) is 0 Å². The van der Waals surface area contributed by atoms with Crippen LogP contribution in [0.25, 0.3) is 98.7 Å². The van der Waals surface area contributed by atoms with Crippen LogP contribution in [-0.4, -0.2) is 4.98 Å². The van der Waals surface area contributed by atoms with Gasteiger partial charge in [-0.3, -0.25) is 0 Å². The van der Waals surface area contributed by atoms with Crippen LogP contribution in [0.2, 0.25) is 0 Å². The third-order valence-corrected chi connectivity index (χ3v) is 10.8. The fourth-order valence-electron chi connectivity index (χ4n) is 8.30. The van der Waals surface area contributed by atoms with Crippen molar-refractivity contribution in [3.8, 4) is 11.5 Å².